The van der Waals surface area contributed by atoms with Gasteiger partial charge in [0, 0.05) is 11.3 Å². The minimum Gasteiger partial charge on any atom is -0.398 e. The van der Waals surface area contributed by atoms with Crippen molar-refractivity contribution in [3.05, 3.63) is 28.3 Å². The van der Waals surface area contributed by atoms with E-state index in [1.54, 1.807) is 0 Å². The first-order valence-corrected chi connectivity index (χ1v) is 3.31. The minimum absolute atomic E-state index is 0.0735. The SMILES string of the molecule is Cc1c(N)cc(F)c(Cl)c1F. The molecule has 0 saturated heterocycles. The smallest absolute Gasteiger partial charge is 0.149 e. The molecule has 0 heterocycles. The lowest BCUT2D eigenvalue weighted by molar-refractivity contribution is 0.579. The van der Waals surface area contributed by atoms with Crippen molar-refractivity contribution in [1.29, 1.82) is 0 Å². The van der Waals surface area contributed by atoms with Gasteiger partial charge in [0.2, 0.25) is 0 Å². The minimum atomic E-state index is -0.827. The maximum atomic E-state index is 12.8. The van der Waals surface area contributed by atoms with Gasteiger partial charge >= 0.3 is 0 Å². The second kappa shape index (κ2) is 2.66. The Hall–Kier alpha value is -0.830. The summed E-state index contributed by atoms with van der Waals surface area (Å²) >= 11 is 5.25. The zero-order valence-corrected chi connectivity index (χ0v) is 6.54. The van der Waals surface area contributed by atoms with Crippen LogP contribution in [0.2, 0.25) is 5.02 Å². The predicted molar refractivity (Wildman–Crippen MR) is 40.5 cm³/mol. The molecule has 11 heavy (non-hydrogen) atoms. The largest absolute Gasteiger partial charge is 0.398 e. The number of halogens is 3. The molecule has 0 aliphatic heterocycles. The Morgan fingerprint density at radius 3 is 2.55 bits per heavy atom. The first-order valence-electron chi connectivity index (χ1n) is 2.93. The van der Waals surface area contributed by atoms with E-state index in [2.05, 4.69) is 0 Å². The molecule has 0 bridgehead atoms. The summed E-state index contributed by atoms with van der Waals surface area (Å²) in [6.45, 7) is 1.44. The third kappa shape index (κ3) is 1.28. The summed E-state index contributed by atoms with van der Waals surface area (Å²) in [5.41, 5.74) is 5.50. The van der Waals surface area contributed by atoms with Crippen LogP contribution in [0.3, 0.4) is 0 Å². The zero-order valence-electron chi connectivity index (χ0n) is 5.79. The van der Waals surface area contributed by atoms with Crippen molar-refractivity contribution in [2.24, 2.45) is 0 Å². The van der Waals surface area contributed by atoms with Crippen LogP contribution >= 0.6 is 11.6 Å². The molecule has 0 radical (unpaired) electrons. The van der Waals surface area contributed by atoms with Gasteiger partial charge < -0.3 is 5.73 Å². The van der Waals surface area contributed by atoms with E-state index in [0.717, 1.165) is 6.07 Å². The van der Waals surface area contributed by atoms with Gasteiger partial charge in [0.15, 0.2) is 0 Å². The van der Waals surface area contributed by atoms with Crippen molar-refractivity contribution in [2.75, 3.05) is 5.73 Å². The third-order valence-corrected chi connectivity index (χ3v) is 1.79. The van der Waals surface area contributed by atoms with Gasteiger partial charge in [0.1, 0.15) is 16.7 Å². The molecule has 2 N–H and O–H groups in total. The standard InChI is InChI=1S/C7H6ClF2N/c1-3-5(11)2-4(9)6(8)7(3)10/h2H,11H2,1H3. The fourth-order valence-electron chi connectivity index (χ4n) is 0.704. The molecular weight excluding hydrogens is 172 g/mol. The van der Waals surface area contributed by atoms with E-state index in [0.29, 0.717) is 0 Å². The van der Waals surface area contributed by atoms with Crippen molar-refractivity contribution in [3.8, 4) is 0 Å². The molecule has 0 saturated carbocycles. The average Bonchev–Trinajstić information content (AvgIpc) is 1.97. The van der Waals surface area contributed by atoms with Crippen molar-refractivity contribution >= 4 is 17.3 Å². The summed E-state index contributed by atoms with van der Waals surface area (Å²) in [7, 11) is 0. The molecule has 1 nitrogen and oxygen atoms in total. The lowest BCUT2D eigenvalue weighted by Crippen LogP contribution is -1.96. The highest BCUT2D eigenvalue weighted by Gasteiger charge is 2.11. The van der Waals surface area contributed by atoms with Gasteiger partial charge in [-0.15, -0.1) is 0 Å². The van der Waals surface area contributed by atoms with E-state index in [1.807, 2.05) is 0 Å². The maximum Gasteiger partial charge on any atom is 0.149 e. The monoisotopic (exact) mass is 177 g/mol. The summed E-state index contributed by atoms with van der Waals surface area (Å²) in [6.07, 6.45) is 0. The zero-order chi connectivity index (χ0) is 8.59. The van der Waals surface area contributed by atoms with E-state index in [4.69, 9.17) is 17.3 Å². The molecule has 0 atom stereocenters. The Morgan fingerprint density at radius 1 is 1.45 bits per heavy atom. The fourth-order valence-corrected chi connectivity index (χ4v) is 0.901. The van der Waals surface area contributed by atoms with Crippen LogP contribution in [0.5, 0.6) is 0 Å². The Balaban J connectivity index is 3.46. The van der Waals surface area contributed by atoms with E-state index < -0.39 is 16.7 Å². The van der Waals surface area contributed by atoms with Crippen molar-refractivity contribution in [1.82, 2.24) is 0 Å². The summed E-state index contributed by atoms with van der Waals surface area (Å²) in [4.78, 5) is 0. The van der Waals surface area contributed by atoms with Gasteiger partial charge in [-0.2, -0.15) is 0 Å². The summed E-state index contributed by atoms with van der Waals surface area (Å²) in [5, 5.41) is -0.503. The number of hydrogen-bond acceptors (Lipinski definition) is 1. The second-order valence-electron chi connectivity index (χ2n) is 2.20. The molecule has 1 aromatic rings. The van der Waals surface area contributed by atoms with Crippen LogP contribution in [-0.2, 0) is 0 Å². The lowest BCUT2D eigenvalue weighted by atomic mass is 10.2. The third-order valence-electron chi connectivity index (χ3n) is 1.45. The van der Waals surface area contributed by atoms with Crippen LogP contribution < -0.4 is 5.73 Å². The topological polar surface area (TPSA) is 26.0 Å². The molecule has 0 fully saturated rings. The fraction of sp³-hybridized carbons (Fsp3) is 0.143. The molecule has 1 aromatic carbocycles. The number of hydrogen-bond donors (Lipinski definition) is 1. The van der Waals surface area contributed by atoms with Crippen LogP contribution in [0.25, 0.3) is 0 Å². The molecule has 0 unspecified atom stereocenters. The van der Waals surface area contributed by atoms with Gasteiger partial charge in [-0.25, -0.2) is 8.78 Å². The molecule has 1 rings (SSSR count). The molecule has 0 aliphatic rings. The number of rotatable bonds is 0. The second-order valence-corrected chi connectivity index (χ2v) is 2.58. The quantitative estimate of drug-likeness (QED) is 0.478. The van der Waals surface area contributed by atoms with E-state index in [1.165, 1.54) is 6.92 Å². The Kier molecular flexibility index (Phi) is 2.00. The molecule has 0 amide bonds. The van der Waals surface area contributed by atoms with Crippen LogP contribution in [0.1, 0.15) is 5.56 Å². The van der Waals surface area contributed by atoms with Crippen molar-refractivity contribution in [2.45, 2.75) is 6.92 Å². The molecule has 60 valence electrons. The van der Waals surface area contributed by atoms with E-state index in [9.17, 15) is 8.78 Å². The molecular formula is C7H6ClF2N. The van der Waals surface area contributed by atoms with E-state index >= 15 is 0 Å². The van der Waals surface area contributed by atoms with Gasteiger partial charge in [-0.1, -0.05) is 11.6 Å². The Bertz CT molecular complexity index is 273. The van der Waals surface area contributed by atoms with Crippen molar-refractivity contribution < 1.29 is 8.78 Å². The van der Waals surface area contributed by atoms with Gasteiger partial charge in [0.05, 0.1) is 0 Å². The van der Waals surface area contributed by atoms with E-state index in [-0.39, 0.29) is 11.3 Å². The van der Waals surface area contributed by atoms with Gasteiger partial charge in [0.25, 0.3) is 0 Å². The van der Waals surface area contributed by atoms with Gasteiger partial charge in [-0.3, -0.25) is 0 Å². The number of anilines is 1. The molecule has 0 aliphatic carbocycles. The summed E-state index contributed by atoms with van der Waals surface area (Å²) in [6, 6.07) is 1.00. The summed E-state index contributed by atoms with van der Waals surface area (Å²) < 4.78 is 25.4. The number of nitrogens with two attached hydrogens (primary N) is 1. The highest BCUT2D eigenvalue weighted by Crippen LogP contribution is 2.25. The van der Waals surface area contributed by atoms with Gasteiger partial charge in [-0.05, 0) is 13.0 Å². The molecule has 0 aromatic heterocycles. The highest BCUT2D eigenvalue weighted by molar-refractivity contribution is 6.31. The lowest BCUT2D eigenvalue weighted by Gasteiger charge is -2.03. The predicted octanol–water partition coefficient (Wildman–Crippen LogP) is 2.51. The van der Waals surface area contributed by atoms with Crippen molar-refractivity contribution in [3.63, 3.8) is 0 Å². The number of benzene rings is 1. The first-order chi connectivity index (χ1) is 5.04. The Morgan fingerprint density at radius 2 is 2.00 bits per heavy atom. The van der Waals surface area contributed by atoms with Crippen LogP contribution in [0.4, 0.5) is 14.5 Å². The normalized spacial score (nSPS) is 10.2. The molecule has 4 heteroatoms. The highest BCUT2D eigenvalue weighted by atomic mass is 35.5. The molecule has 0 spiro atoms. The summed E-state index contributed by atoms with van der Waals surface area (Å²) in [5.74, 6) is -1.61. The average molecular weight is 178 g/mol. The van der Waals surface area contributed by atoms with Crippen LogP contribution in [0, 0.1) is 18.6 Å². The number of nitrogen functional groups attached to an aromatic ring is 1. The Labute approximate surface area is 67.8 Å². The maximum absolute atomic E-state index is 12.8. The first kappa shape index (κ1) is 8.27. The van der Waals surface area contributed by atoms with Crippen LogP contribution in [-0.4, -0.2) is 0 Å². The van der Waals surface area contributed by atoms with Crippen LogP contribution in [0.15, 0.2) is 6.07 Å².